The van der Waals surface area contributed by atoms with Gasteiger partial charge in [0, 0.05) is 0 Å². The second kappa shape index (κ2) is 7.76. The molecule has 0 aliphatic carbocycles. The van der Waals surface area contributed by atoms with Crippen molar-refractivity contribution in [3.05, 3.63) is 35.9 Å². The molecule has 0 saturated heterocycles. The molecule has 1 rings (SSSR count). The number of nitrogens with one attached hydrogen (secondary N) is 1. The van der Waals surface area contributed by atoms with Crippen LogP contribution >= 0.6 is 11.8 Å². The molecule has 1 aromatic rings. The molecule has 4 nitrogen and oxygen atoms in total. The van der Waals surface area contributed by atoms with Crippen LogP contribution in [0.1, 0.15) is 18.0 Å². The number of amides is 1. The van der Waals surface area contributed by atoms with Gasteiger partial charge in [0.05, 0.1) is 25.3 Å². The van der Waals surface area contributed by atoms with Gasteiger partial charge in [-0.2, -0.15) is 11.8 Å². The van der Waals surface area contributed by atoms with Crippen LogP contribution in [-0.4, -0.2) is 31.0 Å². The van der Waals surface area contributed by atoms with Crippen LogP contribution in [-0.2, 0) is 14.3 Å². The molecule has 0 bridgehead atoms. The minimum atomic E-state index is -0.340. The predicted molar refractivity (Wildman–Crippen MR) is 72.3 cm³/mol. The smallest absolute Gasteiger partial charge is 0.307 e. The number of carbonyl (C=O) groups is 2. The fraction of sp³-hybridized carbons (Fsp3) is 0.385. The van der Waals surface area contributed by atoms with Crippen molar-refractivity contribution in [1.29, 1.82) is 0 Å². The van der Waals surface area contributed by atoms with Crippen LogP contribution in [0.5, 0.6) is 0 Å². The highest BCUT2D eigenvalue weighted by Gasteiger charge is 2.18. The highest BCUT2D eigenvalue weighted by molar-refractivity contribution is 7.99. The van der Waals surface area contributed by atoms with Crippen molar-refractivity contribution >= 4 is 23.6 Å². The quantitative estimate of drug-likeness (QED) is 0.798. The standard InChI is InChI=1S/C13H17NO3S/c1-17-13(16)8-11(14-12(15)9-18-2)10-6-4-3-5-7-10/h3-7,11H,8-9H2,1-2H3,(H,14,15)/t11-/m1/s1. The van der Waals surface area contributed by atoms with Crippen molar-refractivity contribution in [2.45, 2.75) is 12.5 Å². The summed E-state index contributed by atoms with van der Waals surface area (Å²) >= 11 is 1.44. The number of hydrogen-bond acceptors (Lipinski definition) is 4. The molecule has 1 atom stereocenters. The Bertz CT molecular complexity index is 394. The van der Waals surface area contributed by atoms with Gasteiger partial charge in [-0.15, -0.1) is 0 Å². The van der Waals surface area contributed by atoms with Gasteiger partial charge in [0.25, 0.3) is 0 Å². The molecule has 18 heavy (non-hydrogen) atoms. The monoisotopic (exact) mass is 267 g/mol. The summed E-state index contributed by atoms with van der Waals surface area (Å²) in [5.41, 5.74) is 0.900. The maximum atomic E-state index is 11.6. The zero-order valence-corrected chi connectivity index (χ0v) is 11.3. The number of ether oxygens (including phenoxy) is 1. The van der Waals surface area contributed by atoms with Crippen molar-refractivity contribution < 1.29 is 14.3 Å². The summed E-state index contributed by atoms with van der Waals surface area (Å²) in [7, 11) is 1.34. The zero-order valence-electron chi connectivity index (χ0n) is 10.5. The Kier molecular flexibility index (Phi) is 6.28. The summed E-state index contributed by atoms with van der Waals surface area (Å²) in [4.78, 5) is 23.0. The molecule has 0 fully saturated rings. The third kappa shape index (κ3) is 4.79. The van der Waals surface area contributed by atoms with E-state index in [1.807, 2.05) is 36.6 Å². The van der Waals surface area contributed by atoms with E-state index < -0.39 is 0 Å². The number of carbonyl (C=O) groups excluding carboxylic acids is 2. The lowest BCUT2D eigenvalue weighted by Crippen LogP contribution is -2.31. The first-order valence-electron chi connectivity index (χ1n) is 5.57. The summed E-state index contributed by atoms with van der Waals surface area (Å²) in [6, 6.07) is 9.07. The largest absolute Gasteiger partial charge is 0.469 e. The maximum absolute atomic E-state index is 11.6. The number of thioether (sulfide) groups is 1. The van der Waals surface area contributed by atoms with Gasteiger partial charge in [-0.1, -0.05) is 30.3 Å². The van der Waals surface area contributed by atoms with Crippen molar-refractivity contribution in [3.63, 3.8) is 0 Å². The van der Waals surface area contributed by atoms with Crippen LogP contribution < -0.4 is 5.32 Å². The molecule has 5 heteroatoms. The topological polar surface area (TPSA) is 55.4 Å². The molecule has 1 N–H and O–H groups in total. The van der Waals surface area contributed by atoms with Crippen LogP contribution in [0.4, 0.5) is 0 Å². The average Bonchev–Trinajstić information content (AvgIpc) is 2.39. The lowest BCUT2D eigenvalue weighted by molar-refractivity contribution is -0.141. The van der Waals surface area contributed by atoms with E-state index in [2.05, 4.69) is 10.1 Å². The van der Waals surface area contributed by atoms with Gasteiger partial charge in [-0.05, 0) is 11.8 Å². The fourth-order valence-corrected chi connectivity index (χ4v) is 1.90. The molecule has 98 valence electrons. The molecule has 0 aliphatic heterocycles. The fourth-order valence-electron chi connectivity index (χ4n) is 1.55. The van der Waals surface area contributed by atoms with Crippen molar-refractivity contribution in [2.75, 3.05) is 19.1 Å². The summed E-state index contributed by atoms with van der Waals surface area (Å²) in [6.45, 7) is 0. The van der Waals surface area contributed by atoms with E-state index in [0.717, 1.165) is 5.56 Å². The Morgan fingerprint density at radius 2 is 2.00 bits per heavy atom. The van der Waals surface area contributed by atoms with E-state index in [-0.39, 0.29) is 24.3 Å². The lowest BCUT2D eigenvalue weighted by Gasteiger charge is -2.17. The van der Waals surface area contributed by atoms with Crippen LogP contribution in [0, 0.1) is 0 Å². The Balaban J connectivity index is 2.75. The Morgan fingerprint density at radius 1 is 1.33 bits per heavy atom. The number of benzene rings is 1. The molecule has 1 aromatic carbocycles. The molecule has 0 unspecified atom stereocenters. The summed E-state index contributed by atoms with van der Waals surface area (Å²) < 4.78 is 4.65. The predicted octanol–water partition coefficient (Wildman–Crippen LogP) is 1.77. The van der Waals surface area contributed by atoms with Gasteiger partial charge in [0.1, 0.15) is 0 Å². The minimum absolute atomic E-state index is 0.0831. The van der Waals surface area contributed by atoms with Crippen molar-refractivity contribution in [3.8, 4) is 0 Å². The first-order valence-corrected chi connectivity index (χ1v) is 6.96. The van der Waals surface area contributed by atoms with Gasteiger partial charge in [0.2, 0.25) is 5.91 Å². The highest BCUT2D eigenvalue weighted by Crippen LogP contribution is 2.17. The molecule has 0 aromatic heterocycles. The minimum Gasteiger partial charge on any atom is -0.469 e. The van der Waals surface area contributed by atoms with E-state index in [4.69, 9.17) is 0 Å². The molecule has 0 spiro atoms. The van der Waals surface area contributed by atoms with Crippen LogP contribution in [0.25, 0.3) is 0 Å². The number of methoxy groups -OCH3 is 1. The molecular weight excluding hydrogens is 250 g/mol. The Morgan fingerprint density at radius 3 is 2.56 bits per heavy atom. The Labute approximate surface area is 111 Å². The molecule has 0 heterocycles. The second-order valence-corrected chi connectivity index (χ2v) is 4.61. The van der Waals surface area contributed by atoms with Gasteiger partial charge < -0.3 is 10.1 Å². The van der Waals surface area contributed by atoms with E-state index >= 15 is 0 Å². The van der Waals surface area contributed by atoms with E-state index in [9.17, 15) is 9.59 Å². The lowest BCUT2D eigenvalue weighted by atomic mass is 10.0. The molecular formula is C13H17NO3S. The van der Waals surface area contributed by atoms with E-state index in [1.165, 1.54) is 18.9 Å². The van der Waals surface area contributed by atoms with Crippen molar-refractivity contribution in [1.82, 2.24) is 5.32 Å². The number of rotatable bonds is 6. The van der Waals surface area contributed by atoms with Gasteiger partial charge in [-0.3, -0.25) is 9.59 Å². The summed E-state index contributed by atoms with van der Waals surface area (Å²) in [6.07, 6.45) is 2.00. The normalized spacial score (nSPS) is 11.7. The first kappa shape index (κ1) is 14.6. The summed E-state index contributed by atoms with van der Waals surface area (Å²) in [5, 5.41) is 2.84. The molecule has 0 radical (unpaired) electrons. The van der Waals surface area contributed by atoms with Crippen LogP contribution in [0.3, 0.4) is 0 Å². The highest BCUT2D eigenvalue weighted by atomic mass is 32.2. The SMILES string of the molecule is COC(=O)C[C@@H](NC(=O)CSC)c1ccccc1. The van der Waals surface area contributed by atoms with E-state index in [0.29, 0.717) is 5.75 Å². The molecule has 0 aliphatic rings. The van der Waals surface area contributed by atoms with Gasteiger partial charge in [0.15, 0.2) is 0 Å². The van der Waals surface area contributed by atoms with Crippen LogP contribution in [0.2, 0.25) is 0 Å². The average molecular weight is 267 g/mol. The van der Waals surface area contributed by atoms with Gasteiger partial charge >= 0.3 is 5.97 Å². The van der Waals surface area contributed by atoms with E-state index in [1.54, 1.807) is 0 Å². The molecule has 1 amide bonds. The second-order valence-electron chi connectivity index (χ2n) is 3.74. The maximum Gasteiger partial charge on any atom is 0.307 e. The number of hydrogen-bond donors (Lipinski definition) is 1. The Hall–Kier alpha value is -1.49. The van der Waals surface area contributed by atoms with Crippen molar-refractivity contribution in [2.24, 2.45) is 0 Å². The third-order valence-corrected chi connectivity index (χ3v) is 2.96. The third-order valence-electron chi connectivity index (χ3n) is 2.41. The van der Waals surface area contributed by atoms with Gasteiger partial charge in [-0.25, -0.2) is 0 Å². The number of esters is 1. The first-order chi connectivity index (χ1) is 8.67. The molecule has 0 saturated carbocycles. The summed E-state index contributed by atoms with van der Waals surface area (Å²) in [5.74, 6) is -0.0432. The zero-order chi connectivity index (χ0) is 13.4. The van der Waals surface area contributed by atoms with Crippen LogP contribution in [0.15, 0.2) is 30.3 Å².